The molecule has 2 saturated carbocycles. The summed E-state index contributed by atoms with van der Waals surface area (Å²) in [6.45, 7) is 0.259. The predicted octanol–water partition coefficient (Wildman–Crippen LogP) is 6.46. The van der Waals surface area contributed by atoms with Crippen molar-refractivity contribution in [2.24, 2.45) is 17.8 Å². The molecule has 0 spiro atoms. The Morgan fingerprint density at radius 2 is 0.977 bits per heavy atom. The standard InChI is InChI=1S/C37H39BO5/c1-40-36(27-15-7-3-8-16-27,28-17-9-4-10-18-28)34-35(43-38(42-34)33-24-32(33)31-23-26(31)25-39)37(41-2,29-19-11-5-12-20-29)30-21-13-6-14-22-30/h3-22,26,31-35,39H,23-25H2,1-2H3/t26-,31-,32-,33-,34-,35-/m1/s1. The third-order valence-electron chi connectivity index (χ3n) is 10.1. The van der Waals surface area contributed by atoms with E-state index >= 15 is 0 Å². The summed E-state index contributed by atoms with van der Waals surface area (Å²) in [7, 11) is 3.11. The van der Waals surface area contributed by atoms with Gasteiger partial charge in [-0.05, 0) is 58.7 Å². The lowest BCUT2D eigenvalue weighted by Crippen LogP contribution is -2.56. The first-order valence-corrected chi connectivity index (χ1v) is 15.4. The Morgan fingerprint density at radius 1 is 0.605 bits per heavy atom. The molecule has 3 fully saturated rings. The molecule has 2 aliphatic carbocycles. The third-order valence-corrected chi connectivity index (χ3v) is 10.1. The van der Waals surface area contributed by atoms with E-state index in [1.807, 2.05) is 72.8 Å². The van der Waals surface area contributed by atoms with Gasteiger partial charge in [0.05, 0.1) is 0 Å². The Balaban J connectivity index is 1.42. The Bertz CT molecular complexity index is 1310. The first-order valence-electron chi connectivity index (χ1n) is 15.4. The molecule has 1 saturated heterocycles. The van der Waals surface area contributed by atoms with E-state index in [1.165, 1.54) is 0 Å². The van der Waals surface area contributed by atoms with Crippen LogP contribution in [0, 0.1) is 17.8 Å². The summed E-state index contributed by atoms with van der Waals surface area (Å²) < 4.78 is 27.8. The van der Waals surface area contributed by atoms with Crippen LogP contribution in [0.3, 0.4) is 0 Å². The number of methoxy groups -OCH3 is 2. The lowest BCUT2D eigenvalue weighted by Gasteiger charge is -2.47. The highest BCUT2D eigenvalue weighted by Gasteiger charge is 2.67. The van der Waals surface area contributed by atoms with Crippen LogP contribution in [-0.2, 0) is 30.0 Å². The van der Waals surface area contributed by atoms with Crippen LogP contribution in [0.4, 0.5) is 0 Å². The molecule has 0 amide bonds. The Kier molecular flexibility index (Phi) is 7.74. The Labute approximate surface area is 254 Å². The van der Waals surface area contributed by atoms with Gasteiger partial charge in [-0.3, -0.25) is 0 Å². The van der Waals surface area contributed by atoms with Crippen molar-refractivity contribution in [1.29, 1.82) is 0 Å². The minimum atomic E-state index is -0.993. The molecule has 0 radical (unpaired) electrons. The fraction of sp³-hybridized carbons (Fsp3) is 0.351. The maximum absolute atomic E-state index is 9.77. The van der Waals surface area contributed by atoms with E-state index in [4.69, 9.17) is 18.8 Å². The average Bonchev–Trinajstić information content (AvgIpc) is 4.00. The van der Waals surface area contributed by atoms with E-state index in [-0.39, 0.29) is 12.4 Å². The summed E-state index contributed by atoms with van der Waals surface area (Å²) in [5.74, 6) is 1.71. The van der Waals surface area contributed by atoms with E-state index in [9.17, 15) is 5.11 Å². The fourth-order valence-corrected chi connectivity index (χ4v) is 7.77. The molecular weight excluding hydrogens is 535 g/mol. The van der Waals surface area contributed by atoms with Gasteiger partial charge in [0.25, 0.3) is 0 Å². The molecule has 3 aliphatic rings. The van der Waals surface area contributed by atoms with Gasteiger partial charge < -0.3 is 23.9 Å². The van der Waals surface area contributed by atoms with E-state index in [0.29, 0.717) is 17.8 Å². The van der Waals surface area contributed by atoms with Gasteiger partial charge in [0.2, 0.25) is 0 Å². The summed E-state index contributed by atoms with van der Waals surface area (Å²) >= 11 is 0. The molecule has 4 aromatic rings. The summed E-state index contributed by atoms with van der Waals surface area (Å²) in [4.78, 5) is 0. The van der Waals surface area contributed by atoms with Crippen molar-refractivity contribution in [3.63, 3.8) is 0 Å². The van der Waals surface area contributed by atoms with Crippen LogP contribution in [-0.4, -0.2) is 45.3 Å². The first kappa shape index (κ1) is 28.5. The van der Waals surface area contributed by atoms with Crippen LogP contribution in [0.25, 0.3) is 0 Å². The van der Waals surface area contributed by atoms with Crippen LogP contribution in [0.5, 0.6) is 0 Å². The number of benzene rings is 4. The topological polar surface area (TPSA) is 57.2 Å². The number of aliphatic hydroxyl groups excluding tert-OH is 1. The van der Waals surface area contributed by atoms with E-state index in [1.54, 1.807) is 14.2 Å². The highest BCUT2D eigenvalue weighted by atomic mass is 16.7. The van der Waals surface area contributed by atoms with Gasteiger partial charge in [0.1, 0.15) is 23.4 Å². The zero-order valence-corrected chi connectivity index (χ0v) is 24.8. The molecule has 1 heterocycles. The molecule has 5 nitrogen and oxygen atoms in total. The summed E-state index contributed by atoms with van der Waals surface area (Å²) in [5, 5.41) is 9.77. The number of rotatable bonds is 11. The van der Waals surface area contributed by atoms with Crippen molar-refractivity contribution in [2.45, 2.75) is 42.1 Å². The second-order valence-electron chi connectivity index (χ2n) is 12.2. The van der Waals surface area contributed by atoms with E-state index < -0.39 is 30.5 Å². The van der Waals surface area contributed by atoms with Crippen molar-refractivity contribution >= 4 is 7.12 Å². The largest absolute Gasteiger partial charge is 0.461 e. The average molecular weight is 575 g/mol. The Hall–Kier alpha value is -3.26. The summed E-state index contributed by atoms with van der Waals surface area (Å²) in [6, 6.07) is 41.4. The molecule has 0 unspecified atom stereocenters. The van der Waals surface area contributed by atoms with Gasteiger partial charge in [0.15, 0.2) is 0 Å². The third kappa shape index (κ3) is 4.77. The second kappa shape index (κ2) is 11.7. The van der Waals surface area contributed by atoms with Crippen molar-refractivity contribution in [3.8, 4) is 0 Å². The van der Waals surface area contributed by atoms with Crippen LogP contribution >= 0.6 is 0 Å². The monoisotopic (exact) mass is 574 g/mol. The molecule has 1 aliphatic heterocycles. The summed E-state index contributed by atoms with van der Waals surface area (Å²) in [5.41, 5.74) is 1.97. The van der Waals surface area contributed by atoms with Crippen LogP contribution in [0.15, 0.2) is 121 Å². The van der Waals surface area contributed by atoms with E-state index in [0.717, 1.165) is 35.1 Å². The molecule has 4 aromatic carbocycles. The number of hydrogen-bond acceptors (Lipinski definition) is 5. The molecule has 7 rings (SSSR count). The van der Waals surface area contributed by atoms with Crippen LogP contribution in [0.2, 0.25) is 5.82 Å². The zero-order valence-electron chi connectivity index (χ0n) is 24.8. The second-order valence-corrected chi connectivity index (χ2v) is 12.2. The molecule has 1 N–H and O–H groups in total. The maximum Gasteiger partial charge on any atom is 0.461 e. The van der Waals surface area contributed by atoms with E-state index in [2.05, 4.69) is 48.5 Å². The molecule has 0 aromatic heterocycles. The smallest absolute Gasteiger partial charge is 0.402 e. The zero-order chi connectivity index (χ0) is 29.4. The van der Waals surface area contributed by atoms with Crippen LogP contribution < -0.4 is 0 Å². The van der Waals surface area contributed by atoms with Crippen LogP contribution in [0.1, 0.15) is 35.1 Å². The maximum atomic E-state index is 9.77. The highest BCUT2D eigenvalue weighted by Crippen LogP contribution is 2.64. The lowest BCUT2D eigenvalue weighted by molar-refractivity contribution is -0.136. The molecule has 0 bridgehead atoms. The van der Waals surface area contributed by atoms with Gasteiger partial charge in [-0.15, -0.1) is 0 Å². The van der Waals surface area contributed by atoms with Gasteiger partial charge in [0, 0.05) is 20.8 Å². The lowest BCUT2D eigenvalue weighted by atomic mass is 9.71. The molecular formula is C37H39BO5. The summed E-state index contributed by atoms with van der Waals surface area (Å²) in [6.07, 6.45) is 0.991. The van der Waals surface area contributed by atoms with Gasteiger partial charge in [-0.25, -0.2) is 0 Å². The number of ether oxygens (including phenoxy) is 2. The van der Waals surface area contributed by atoms with Crippen molar-refractivity contribution in [3.05, 3.63) is 144 Å². The minimum Gasteiger partial charge on any atom is -0.402 e. The highest BCUT2D eigenvalue weighted by molar-refractivity contribution is 6.48. The Morgan fingerprint density at radius 3 is 1.28 bits per heavy atom. The van der Waals surface area contributed by atoms with Gasteiger partial charge >= 0.3 is 7.12 Å². The fourth-order valence-electron chi connectivity index (χ4n) is 7.77. The SMILES string of the molecule is COC(c1ccccc1)(c1ccccc1)[C@@H]1OB([C@@H]2C[C@@H]2[C@@H]2C[C@@H]2CO)O[C@H]1C(OC)(c1ccccc1)c1ccccc1. The van der Waals surface area contributed by atoms with Crippen molar-refractivity contribution in [2.75, 3.05) is 20.8 Å². The number of aliphatic hydroxyl groups is 1. The minimum absolute atomic E-state index is 0.259. The first-order chi connectivity index (χ1) is 21.2. The molecule has 6 heteroatoms. The van der Waals surface area contributed by atoms with Crippen molar-refractivity contribution in [1.82, 2.24) is 0 Å². The molecule has 6 atom stereocenters. The molecule has 220 valence electrons. The number of hydrogen-bond donors (Lipinski definition) is 1. The van der Waals surface area contributed by atoms with Gasteiger partial charge in [-0.1, -0.05) is 121 Å². The quantitative estimate of drug-likeness (QED) is 0.209. The predicted molar refractivity (Wildman–Crippen MR) is 167 cm³/mol. The van der Waals surface area contributed by atoms with Crippen molar-refractivity contribution < 1.29 is 23.9 Å². The van der Waals surface area contributed by atoms with Gasteiger partial charge in [-0.2, -0.15) is 0 Å². The normalized spacial score (nSPS) is 26.8. The molecule has 43 heavy (non-hydrogen) atoms.